The topological polar surface area (TPSA) is 92.7 Å². The Morgan fingerprint density at radius 2 is 1.81 bits per heavy atom. The highest BCUT2D eigenvalue weighted by Crippen LogP contribution is 2.22. The number of benzene rings is 1. The van der Waals surface area contributed by atoms with Gasteiger partial charge < -0.3 is 9.84 Å². The van der Waals surface area contributed by atoms with Crippen molar-refractivity contribution in [2.45, 2.75) is 56.6 Å². The SMILES string of the molecule is CCCCCCCCS(=O)(=O)NC(F)CSc1ccc(OCC(=O)O)cc1. The Balaban J connectivity index is 2.28. The zero-order valence-corrected chi connectivity index (χ0v) is 17.2. The first-order valence-electron chi connectivity index (χ1n) is 9.04. The number of carboxylic acids is 1. The van der Waals surface area contributed by atoms with Crippen molar-refractivity contribution >= 4 is 27.8 Å². The molecule has 154 valence electrons. The van der Waals surface area contributed by atoms with E-state index in [1.165, 1.54) is 11.8 Å². The number of carbonyl (C=O) groups is 1. The summed E-state index contributed by atoms with van der Waals surface area (Å²) in [5.41, 5.74) is 0. The Labute approximate surface area is 164 Å². The van der Waals surface area contributed by atoms with E-state index in [1.807, 2.05) is 0 Å². The summed E-state index contributed by atoms with van der Waals surface area (Å²) in [5, 5.41) is 8.54. The minimum absolute atomic E-state index is 0.0505. The number of carboxylic acid groups (broad SMARTS) is 1. The van der Waals surface area contributed by atoms with E-state index in [0.29, 0.717) is 12.2 Å². The molecule has 1 aromatic rings. The molecule has 0 amide bonds. The van der Waals surface area contributed by atoms with Crippen LogP contribution in [0.3, 0.4) is 0 Å². The quantitative estimate of drug-likeness (QED) is 0.254. The van der Waals surface area contributed by atoms with Crippen molar-refractivity contribution in [2.24, 2.45) is 0 Å². The molecular weight excluding hydrogens is 393 g/mol. The molecular formula is C18H28FNO5S2. The van der Waals surface area contributed by atoms with Crippen LogP contribution in [-0.2, 0) is 14.8 Å². The van der Waals surface area contributed by atoms with E-state index in [9.17, 15) is 17.6 Å². The number of thioether (sulfide) groups is 1. The fraction of sp³-hybridized carbons (Fsp3) is 0.611. The van der Waals surface area contributed by atoms with Crippen LogP contribution in [0.4, 0.5) is 4.39 Å². The molecule has 1 unspecified atom stereocenters. The summed E-state index contributed by atoms with van der Waals surface area (Å²) in [4.78, 5) is 11.2. The highest BCUT2D eigenvalue weighted by molar-refractivity contribution is 7.99. The van der Waals surface area contributed by atoms with Crippen LogP contribution < -0.4 is 9.46 Å². The van der Waals surface area contributed by atoms with Crippen molar-refractivity contribution in [3.05, 3.63) is 24.3 Å². The number of alkyl halides is 1. The smallest absolute Gasteiger partial charge is 0.341 e. The molecule has 0 aliphatic carbocycles. The average molecular weight is 422 g/mol. The van der Waals surface area contributed by atoms with Gasteiger partial charge in [-0.1, -0.05) is 39.0 Å². The second kappa shape index (κ2) is 13.0. The molecule has 0 fully saturated rings. The van der Waals surface area contributed by atoms with Gasteiger partial charge in [-0.3, -0.25) is 0 Å². The third kappa shape index (κ3) is 11.9. The predicted octanol–water partition coefficient (Wildman–Crippen LogP) is 3.82. The van der Waals surface area contributed by atoms with Gasteiger partial charge in [0.25, 0.3) is 0 Å². The molecule has 0 spiro atoms. The summed E-state index contributed by atoms with van der Waals surface area (Å²) in [5.74, 6) is -0.773. The van der Waals surface area contributed by atoms with E-state index in [4.69, 9.17) is 9.84 Å². The van der Waals surface area contributed by atoms with Crippen LogP contribution in [0.15, 0.2) is 29.2 Å². The molecule has 0 aromatic heterocycles. The summed E-state index contributed by atoms with van der Waals surface area (Å²) >= 11 is 1.17. The average Bonchev–Trinajstić information content (AvgIpc) is 2.61. The number of hydrogen-bond donors (Lipinski definition) is 2. The number of nitrogens with one attached hydrogen (secondary N) is 1. The summed E-state index contributed by atoms with van der Waals surface area (Å²) in [6.07, 6.45) is 4.11. The Kier molecular flexibility index (Phi) is 11.4. The monoisotopic (exact) mass is 421 g/mol. The fourth-order valence-electron chi connectivity index (χ4n) is 2.31. The van der Waals surface area contributed by atoms with Gasteiger partial charge in [0.2, 0.25) is 10.0 Å². The van der Waals surface area contributed by atoms with Gasteiger partial charge in [0.1, 0.15) is 5.75 Å². The number of sulfonamides is 1. The number of halogens is 1. The Bertz CT molecular complexity index is 652. The molecule has 0 saturated carbocycles. The molecule has 9 heteroatoms. The summed E-state index contributed by atoms with van der Waals surface area (Å²) in [6.45, 7) is 1.69. The molecule has 0 saturated heterocycles. The third-order valence-electron chi connectivity index (χ3n) is 3.66. The lowest BCUT2D eigenvalue weighted by Gasteiger charge is -2.11. The number of rotatable bonds is 15. The summed E-state index contributed by atoms with van der Waals surface area (Å²) in [7, 11) is -3.61. The van der Waals surface area contributed by atoms with E-state index in [-0.39, 0.29) is 11.5 Å². The fourth-order valence-corrected chi connectivity index (χ4v) is 4.34. The van der Waals surface area contributed by atoms with Crippen molar-refractivity contribution in [1.82, 2.24) is 4.72 Å². The molecule has 6 nitrogen and oxygen atoms in total. The minimum Gasteiger partial charge on any atom is -0.482 e. The molecule has 0 aliphatic heterocycles. The van der Waals surface area contributed by atoms with E-state index in [2.05, 4.69) is 11.6 Å². The second-order valence-corrected chi connectivity index (χ2v) is 9.10. The van der Waals surface area contributed by atoms with Gasteiger partial charge in [-0.15, -0.1) is 11.8 Å². The first-order chi connectivity index (χ1) is 12.8. The number of unbranched alkanes of at least 4 members (excludes halogenated alkanes) is 5. The summed E-state index contributed by atoms with van der Waals surface area (Å²) < 4.78 is 44.8. The Morgan fingerprint density at radius 1 is 1.19 bits per heavy atom. The first-order valence-corrected chi connectivity index (χ1v) is 11.7. The summed E-state index contributed by atoms with van der Waals surface area (Å²) in [6, 6.07) is 6.50. The van der Waals surface area contributed by atoms with E-state index in [0.717, 1.165) is 37.0 Å². The van der Waals surface area contributed by atoms with Gasteiger partial charge in [-0.05, 0) is 30.7 Å². The molecule has 1 aromatic carbocycles. The normalized spacial score (nSPS) is 12.7. The largest absolute Gasteiger partial charge is 0.482 e. The van der Waals surface area contributed by atoms with Crippen LogP contribution in [0, 0.1) is 0 Å². The van der Waals surface area contributed by atoms with Crippen LogP contribution in [0.2, 0.25) is 0 Å². The van der Waals surface area contributed by atoms with Crippen molar-refractivity contribution in [3.8, 4) is 5.75 Å². The third-order valence-corrected chi connectivity index (χ3v) is 6.16. The van der Waals surface area contributed by atoms with Gasteiger partial charge >= 0.3 is 5.97 Å². The van der Waals surface area contributed by atoms with Crippen molar-refractivity contribution in [2.75, 3.05) is 18.1 Å². The Morgan fingerprint density at radius 3 is 2.44 bits per heavy atom. The lowest BCUT2D eigenvalue weighted by Crippen LogP contribution is -2.35. The highest BCUT2D eigenvalue weighted by Gasteiger charge is 2.17. The van der Waals surface area contributed by atoms with Gasteiger partial charge in [-0.2, -0.15) is 4.72 Å². The maximum atomic E-state index is 13.9. The number of ether oxygens (including phenoxy) is 1. The van der Waals surface area contributed by atoms with Gasteiger partial charge in [0, 0.05) is 10.6 Å². The van der Waals surface area contributed by atoms with Crippen LogP contribution in [0.25, 0.3) is 0 Å². The first kappa shape index (κ1) is 23.7. The van der Waals surface area contributed by atoms with Crippen molar-refractivity contribution in [1.29, 1.82) is 0 Å². The zero-order valence-electron chi connectivity index (χ0n) is 15.5. The second-order valence-electron chi connectivity index (χ2n) is 6.14. The molecule has 2 N–H and O–H groups in total. The van der Waals surface area contributed by atoms with Crippen molar-refractivity contribution < 1.29 is 27.4 Å². The molecule has 27 heavy (non-hydrogen) atoms. The van der Waals surface area contributed by atoms with E-state index < -0.39 is 28.9 Å². The molecule has 1 atom stereocenters. The van der Waals surface area contributed by atoms with Crippen LogP contribution in [-0.4, -0.2) is 43.9 Å². The number of aliphatic carboxylic acids is 1. The number of hydrogen-bond acceptors (Lipinski definition) is 5. The molecule has 1 rings (SSSR count). The highest BCUT2D eigenvalue weighted by atomic mass is 32.2. The predicted molar refractivity (Wildman–Crippen MR) is 105 cm³/mol. The van der Waals surface area contributed by atoms with Crippen LogP contribution in [0.1, 0.15) is 45.4 Å². The van der Waals surface area contributed by atoms with E-state index in [1.54, 1.807) is 24.3 Å². The standard InChI is InChI=1S/C18H28FNO5S2/c1-2-3-4-5-6-7-12-27(23,24)20-17(19)14-26-16-10-8-15(9-11-16)25-13-18(21)22/h8-11,17,20H,2-7,12-14H2,1H3,(H,21,22). The molecule has 0 bridgehead atoms. The maximum absolute atomic E-state index is 13.9. The molecule has 0 radical (unpaired) electrons. The minimum atomic E-state index is -3.61. The zero-order chi connectivity index (χ0) is 20.1. The molecule has 0 aliphatic rings. The van der Waals surface area contributed by atoms with Gasteiger partial charge in [-0.25, -0.2) is 17.6 Å². The van der Waals surface area contributed by atoms with Gasteiger partial charge in [0.05, 0.1) is 5.75 Å². The Hall–Kier alpha value is -1.32. The maximum Gasteiger partial charge on any atom is 0.341 e. The van der Waals surface area contributed by atoms with Crippen LogP contribution >= 0.6 is 11.8 Å². The lowest BCUT2D eigenvalue weighted by atomic mass is 10.1. The van der Waals surface area contributed by atoms with Gasteiger partial charge in [0.15, 0.2) is 12.9 Å². The molecule has 0 heterocycles. The lowest BCUT2D eigenvalue weighted by molar-refractivity contribution is -0.139. The van der Waals surface area contributed by atoms with Crippen LogP contribution in [0.5, 0.6) is 5.75 Å². The van der Waals surface area contributed by atoms with E-state index >= 15 is 0 Å². The van der Waals surface area contributed by atoms with Crippen molar-refractivity contribution in [3.63, 3.8) is 0 Å².